The highest BCUT2D eigenvalue weighted by molar-refractivity contribution is 5.94. The second-order valence-corrected chi connectivity index (χ2v) is 7.99. The Morgan fingerprint density at radius 2 is 1.93 bits per heavy atom. The maximum absolute atomic E-state index is 12.4. The van der Waals surface area contributed by atoms with Gasteiger partial charge in [0.1, 0.15) is 12.4 Å². The number of nitrogens with zero attached hydrogens (tertiary/aromatic N) is 1. The summed E-state index contributed by atoms with van der Waals surface area (Å²) in [7, 11) is 0. The molecule has 0 aromatic heterocycles. The van der Waals surface area contributed by atoms with Crippen LogP contribution in [-0.4, -0.2) is 48.6 Å². The Hall–Kier alpha value is -2.24. The lowest BCUT2D eigenvalue weighted by atomic mass is 10.1. The highest BCUT2D eigenvalue weighted by atomic mass is 16.5. The average molecular weight is 373 g/mol. The zero-order valence-electron chi connectivity index (χ0n) is 16.4. The molecule has 0 spiro atoms. The van der Waals surface area contributed by atoms with Crippen molar-refractivity contribution in [2.75, 3.05) is 19.7 Å². The fraction of sp³-hybridized carbons (Fsp3) is 0.619. The number of nitrogens with one attached hydrogen (secondary N) is 2. The second kappa shape index (κ2) is 9.11. The number of likely N-dealkylation sites (tertiary alicyclic amines) is 1. The lowest BCUT2D eigenvalue weighted by Gasteiger charge is -2.25. The van der Waals surface area contributed by atoms with Gasteiger partial charge in [0.15, 0.2) is 0 Å². The van der Waals surface area contributed by atoms with Crippen LogP contribution in [0.25, 0.3) is 0 Å². The molecule has 6 heteroatoms. The van der Waals surface area contributed by atoms with E-state index in [2.05, 4.69) is 24.5 Å². The predicted molar refractivity (Wildman–Crippen MR) is 105 cm³/mol. The van der Waals surface area contributed by atoms with Crippen LogP contribution in [0.15, 0.2) is 24.3 Å². The van der Waals surface area contributed by atoms with Gasteiger partial charge in [0.25, 0.3) is 5.91 Å². The summed E-state index contributed by atoms with van der Waals surface area (Å²) in [6, 6.07) is 7.69. The maximum Gasteiger partial charge on any atom is 0.317 e. The topological polar surface area (TPSA) is 70.7 Å². The normalized spacial score (nSPS) is 19.2. The predicted octanol–water partition coefficient (Wildman–Crippen LogP) is 3.18. The minimum Gasteiger partial charge on any atom is -0.491 e. The number of carbonyl (C=O) groups is 2. The highest BCUT2D eigenvalue weighted by Gasteiger charge is 2.29. The number of carbonyl (C=O) groups excluding carboxylic acids is 2. The van der Waals surface area contributed by atoms with E-state index in [0.29, 0.717) is 30.7 Å². The molecule has 2 fully saturated rings. The van der Waals surface area contributed by atoms with Crippen molar-refractivity contribution < 1.29 is 14.3 Å². The Balaban J connectivity index is 1.45. The van der Waals surface area contributed by atoms with Gasteiger partial charge in [-0.2, -0.15) is 0 Å². The number of amides is 3. The van der Waals surface area contributed by atoms with Gasteiger partial charge in [-0.05, 0) is 62.3 Å². The molecule has 1 aromatic rings. The van der Waals surface area contributed by atoms with Gasteiger partial charge in [-0.1, -0.05) is 13.8 Å². The van der Waals surface area contributed by atoms with Crippen LogP contribution in [0, 0.1) is 5.92 Å². The third-order valence-electron chi connectivity index (χ3n) is 5.11. The van der Waals surface area contributed by atoms with Crippen LogP contribution >= 0.6 is 0 Å². The summed E-state index contributed by atoms with van der Waals surface area (Å²) < 4.78 is 5.89. The second-order valence-electron chi connectivity index (χ2n) is 7.99. The van der Waals surface area contributed by atoms with Crippen LogP contribution in [0.2, 0.25) is 0 Å². The first kappa shape index (κ1) is 19.5. The van der Waals surface area contributed by atoms with Crippen LogP contribution in [0.4, 0.5) is 4.79 Å². The van der Waals surface area contributed by atoms with E-state index >= 15 is 0 Å². The van der Waals surface area contributed by atoms with Crippen molar-refractivity contribution >= 4 is 11.9 Å². The lowest BCUT2D eigenvalue weighted by molar-refractivity contribution is 0.0951. The standard InChI is InChI=1S/C21H31N3O3/c1-15(2)11-12-22-21(26)24-13-3-4-18(24)14-27-19-9-5-16(6-10-19)20(25)23-17-7-8-17/h5-6,9-10,15,17-18H,3-4,7-8,11-14H2,1-2H3,(H,22,26)(H,23,25). The van der Waals surface area contributed by atoms with Crippen molar-refractivity contribution in [3.05, 3.63) is 29.8 Å². The molecular formula is C21H31N3O3. The molecule has 148 valence electrons. The molecule has 1 saturated carbocycles. The third-order valence-corrected chi connectivity index (χ3v) is 5.11. The van der Waals surface area contributed by atoms with Gasteiger partial charge >= 0.3 is 6.03 Å². The quantitative estimate of drug-likeness (QED) is 0.735. The highest BCUT2D eigenvalue weighted by Crippen LogP contribution is 2.21. The number of ether oxygens (including phenoxy) is 1. The zero-order valence-corrected chi connectivity index (χ0v) is 16.4. The maximum atomic E-state index is 12.4. The monoisotopic (exact) mass is 373 g/mol. The van der Waals surface area contributed by atoms with Crippen molar-refractivity contribution in [3.63, 3.8) is 0 Å². The van der Waals surface area contributed by atoms with Crippen LogP contribution in [0.1, 0.15) is 56.3 Å². The minimum atomic E-state index is -0.0240. The smallest absolute Gasteiger partial charge is 0.317 e. The Labute approximate surface area is 161 Å². The molecule has 2 aliphatic rings. The van der Waals surface area contributed by atoms with E-state index < -0.39 is 0 Å². The van der Waals surface area contributed by atoms with Gasteiger partial charge < -0.3 is 20.3 Å². The van der Waals surface area contributed by atoms with E-state index in [-0.39, 0.29) is 18.0 Å². The summed E-state index contributed by atoms with van der Waals surface area (Å²) in [5.41, 5.74) is 0.654. The first-order valence-electron chi connectivity index (χ1n) is 10.1. The molecule has 1 heterocycles. The van der Waals surface area contributed by atoms with Crippen molar-refractivity contribution in [2.24, 2.45) is 5.92 Å². The Morgan fingerprint density at radius 1 is 1.19 bits per heavy atom. The molecule has 1 atom stereocenters. The van der Waals surface area contributed by atoms with E-state index in [1.165, 1.54) is 0 Å². The van der Waals surface area contributed by atoms with E-state index in [1.807, 2.05) is 17.0 Å². The van der Waals surface area contributed by atoms with Crippen molar-refractivity contribution in [3.8, 4) is 5.75 Å². The summed E-state index contributed by atoms with van der Waals surface area (Å²) in [4.78, 5) is 26.3. The summed E-state index contributed by atoms with van der Waals surface area (Å²) in [6.07, 6.45) is 5.11. The van der Waals surface area contributed by atoms with Gasteiger partial charge in [-0.3, -0.25) is 4.79 Å². The Kier molecular flexibility index (Phi) is 6.58. The van der Waals surface area contributed by atoms with Gasteiger partial charge in [0.05, 0.1) is 6.04 Å². The van der Waals surface area contributed by atoms with Crippen LogP contribution < -0.4 is 15.4 Å². The summed E-state index contributed by atoms with van der Waals surface area (Å²) in [5, 5.41) is 5.99. The summed E-state index contributed by atoms with van der Waals surface area (Å²) >= 11 is 0. The molecule has 1 saturated heterocycles. The fourth-order valence-electron chi connectivity index (χ4n) is 3.24. The lowest BCUT2D eigenvalue weighted by Crippen LogP contribution is -2.45. The first-order valence-corrected chi connectivity index (χ1v) is 10.1. The molecule has 1 unspecified atom stereocenters. The first-order chi connectivity index (χ1) is 13.0. The third kappa shape index (κ3) is 5.88. The molecule has 3 rings (SSSR count). The largest absolute Gasteiger partial charge is 0.491 e. The molecule has 1 aliphatic heterocycles. The van der Waals surface area contributed by atoms with Crippen molar-refractivity contribution in [1.82, 2.24) is 15.5 Å². The van der Waals surface area contributed by atoms with Gasteiger partial charge in [-0.15, -0.1) is 0 Å². The van der Waals surface area contributed by atoms with E-state index in [0.717, 1.165) is 44.4 Å². The van der Waals surface area contributed by atoms with Gasteiger partial charge in [0.2, 0.25) is 0 Å². The number of benzene rings is 1. The van der Waals surface area contributed by atoms with Gasteiger partial charge in [-0.25, -0.2) is 4.79 Å². The SMILES string of the molecule is CC(C)CCNC(=O)N1CCCC1COc1ccc(C(=O)NC2CC2)cc1. The van der Waals surface area contributed by atoms with E-state index in [9.17, 15) is 9.59 Å². The molecule has 0 bridgehead atoms. The molecule has 2 N–H and O–H groups in total. The van der Waals surface area contributed by atoms with E-state index in [1.54, 1.807) is 12.1 Å². The number of rotatable bonds is 8. The number of hydrogen-bond acceptors (Lipinski definition) is 3. The number of hydrogen-bond donors (Lipinski definition) is 2. The number of urea groups is 1. The minimum absolute atomic E-state index is 0.00819. The molecular weight excluding hydrogens is 342 g/mol. The van der Waals surface area contributed by atoms with Crippen LogP contribution in [0.3, 0.4) is 0 Å². The molecule has 27 heavy (non-hydrogen) atoms. The molecule has 6 nitrogen and oxygen atoms in total. The molecule has 1 aromatic carbocycles. The zero-order chi connectivity index (χ0) is 19.2. The van der Waals surface area contributed by atoms with Crippen LogP contribution in [-0.2, 0) is 0 Å². The molecule has 3 amide bonds. The van der Waals surface area contributed by atoms with Gasteiger partial charge in [0, 0.05) is 24.7 Å². The van der Waals surface area contributed by atoms with Crippen molar-refractivity contribution in [2.45, 2.75) is 58.0 Å². The Morgan fingerprint density at radius 3 is 2.59 bits per heavy atom. The van der Waals surface area contributed by atoms with E-state index in [4.69, 9.17) is 4.74 Å². The fourth-order valence-corrected chi connectivity index (χ4v) is 3.24. The Bertz CT molecular complexity index is 641. The van der Waals surface area contributed by atoms with Crippen molar-refractivity contribution in [1.29, 1.82) is 0 Å². The summed E-state index contributed by atoms with van der Waals surface area (Å²) in [6.45, 7) is 6.27. The molecule has 0 radical (unpaired) electrons. The summed E-state index contributed by atoms with van der Waals surface area (Å²) in [5.74, 6) is 1.28. The average Bonchev–Trinajstić information content (AvgIpc) is 3.33. The van der Waals surface area contributed by atoms with Crippen LogP contribution in [0.5, 0.6) is 5.75 Å². The molecule has 1 aliphatic carbocycles.